The van der Waals surface area contributed by atoms with Crippen LogP contribution in [0.25, 0.3) is 10.8 Å². The Morgan fingerprint density at radius 3 is 1.85 bits per heavy atom. The summed E-state index contributed by atoms with van der Waals surface area (Å²) in [5.74, 6) is -2.55. The van der Waals surface area contributed by atoms with Gasteiger partial charge in [0.05, 0.1) is 15.4 Å². The molecule has 0 amide bonds. The zero-order chi connectivity index (χ0) is 27.1. The molecule has 0 spiro atoms. The standard InChI is InChI=1S/C20H14ClN5O9S2.2Na/c21-18-24-19(22-11-3-1-9(2-4-11)17(28)29)26-20(25-18)23-14-7-12(36(30,31)32)5-10-6-13(37(33,34)35)8-15(27)16(10)14;;/h1-8,27H,(H,28,29)(H,30,31,32)(H,33,34,35)(H2,22,23,24,25,26);;/q;2*+1/p-3. The Kier molecular flexibility index (Phi) is 10.7. The van der Waals surface area contributed by atoms with E-state index in [9.17, 15) is 35.8 Å². The number of carboxylic acids is 1. The largest absolute Gasteiger partial charge is 1.00 e. The Labute approximate surface area is 269 Å². The molecule has 3 aromatic carbocycles. The molecule has 4 aromatic rings. The fourth-order valence-corrected chi connectivity index (χ4v) is 4.43. The second-order valence-electron chi connectivity index (χ2n) is 7.28. The van der Waals surface area contributed by atoms with Crippen LogP contribution in [0.2, 0.25) is 5.28 Å². The van der Waals surface area contributed by atoms with Crippen LogP contribution in [0.1, 0.15) is 10.4 Å². The number of fused-ring (bicyclic) bond motifs is 1. The van der Waals surface area contributed by atoms with Crippen molar-refractivity contribution in [2.75, 3.05) is 10.6 Å². The summed E-state index contributed by atoms with van der Waals surface area (Å²) in [6.07, 6.45) is 0. The molecule has 1 aromatic heterocycles. The van der Waals surface area contributed by atoms with Gasteiger partial charge in [-0.05, 0) is 64.8 Å². The molecular weight excluding hydrogens is 600 g/mol. The molecule has 192 valence electrons. The van der Waals surface area contributed by atoms with Gasteiger partial charge in [-0.1, -0.05) is 11.8 Å². The normalized spacial score (nSPS) is 11.3. The molecule has 0 saturated heterocycles. The summed E-state index contributed by atoms with van der Waals surface area (Å²) in [6, 6.07) is 8.37. The summed E-state index contributed by atoms with van der Waals surface area (Å²) in [5.41, 5.74) is 0.102. The van der Waals surface area contributed by atoms with Crippen LogP contribution in [0.15, 0.2) is 58.3 Å². The number of anilines is 4. The molecule has 19 heteroatoms. The van der Waals surface area contributed by atoms with Crippen molar-refractivity contribution < 1.29 is 100 Å². The SMILES string of the molecule is O=C(O)c1ccc(Nc2nc(Cl)nc(Nc3cc(S(=O)(=O)[O-])cc4cc(S(=O)(=O)[O-])cc([O-])c34)n2)cc1.[Na+].[Na+]. The van der Waals surface area contributed by atoms with Crippen molar-refractivity contribution in [2.45, 2.75) is 9.79 Å². The Hall–Kier alpha value is -2.09. The molecule has 0 saturated carbocycles. The molecule has 0 aliphatic heterocycles. The molecule has 3 N–H and O–H groups in total. The minimum atomic E-state index is -5.09. The number of hydrogen-bond acceptors (Lipinski definition) is 13. The number of carboxylic acid groups (broad SMARTS) is 1. The van der Waals surface area contributed by atoms with Gasteiger partial charge in [0.1, 0.15) is 20.2 Å². The second kappa shape index (κ2) is 12.6. The molecule has 0 fully saturated rings. The van der Waals surface area contributed by atoms with Crippen LogP contribution >= 0.6 is 11.6 Å². The molecule has 0 aliphatic rings. The van der Waals surface area contributed by atoms with Crippen LogP contribution in [0.4, 0.5) is 23.3 Å². The van der Waals surface area contributed by atoms with Crippen LogP contribution in [-0.4, -0.2) is 52.0 Å². The molecule has 1 heterocycles. The van der Waals surface area contributed by atoms with Crippen molar-refractivity contribution >= 4 is 71.9 Å². The van der Waals surface area contributed by atoms with Gasteiger partial charge in [-0.25, -0.2) is 21.6 Å². The number of carbonyl (C=O) groups is 1. The Bertz CT molecular complexity index is 1790. The van der Waals surface area contributed by atoms with E-state index in [1.807, 2.05) is 0 Å². The predicted octanol–water partition coefficient (Wildman–Crippen LogP) is -4.25. The van der Waals surface area contributed by atoms with E-state index in [2.05, 4.69) is 25.6 Å². The maximum Gasteiger partial charge on any atom is 1.00 e. The van der Waals surface area contributed by atoms with Crippen molar-refractivity contribution in [3.63, 3.8) is 0 Å². The fourth-order valence-electron chi connectivity index (χ4n) is 3.22. The van der Waals surface area contributed by atoms with Crippen LogP contribution in [0, 0.1) is 0 Å². The third-order valence-corrected chi connectivity index (χ3v) is 6.57. The minimum Gasteiger partial charge on any atom is -0.872 e. The molecule has 39 heavy (non-hydrogen) atoms. The number of aromatic carboxylic acids is 1. The fraction of sp³-hybridized carbons (Fsp3) is 0. The van der Waals surface area contributed by atoms with Crippen molar-refractivity contribution in [2.24, 2.45) is 0 Å². The topological polar surface area (TPSA) is 237 Å². The summed E-state index contributed by atoms with van der Waals surface area (Å²) >= 11 is 5.94. The summed E-state index contributed by atoms with van der Waals surface area (Å²) in [7, 11) is -10.2. The Balaban J connectivity index is 0.00000267. The number of hydrogen-bond donors (Lipinski definition) is 3. The van der Waals surface area contributed by atoms with E-state index in [0.717, 1.165) is 18.2 Å². The molecule has 0 atom stereocenters. The number of nitrogens with one attached hydrogen (secondary N) is 2. The molecular formula is C20H11ClN5Na2O9S2-. The smallest absolute Gasteiger partial charge is 0.872 e. The first-order valence-electron chi connectivity index (χ1n) is 9.70. The van der Waals surface area contributed by atoms with Crippen molar-refractivity contribution in [3.8, 4) is 5.75 Å². The van der Waals surface area contributed by atoms with E-state index in [0.29, 0.717) is 11.8 Å². The zero-order valence-corrected chi connectivity index (χ0v) is 26.3. The van der Waals surface area contributed by atoms with E-state index in [1.54, 1.807) is 0 Å². The van der Waals surface area contributed by atoms with Gasteiger partial charge in [0.2, 0.25) is 17.2 Å². The minimum absolute atomic E-state index is 0. The van der Waals surface area contributed by atoms with Gasteiger partial charge in [-0.2, -0.15) is 15.0 Å². The van der Waals surface area contributed by atoms with E-state index in [-0.39, 0.29) is 98.3 Å². The molecule has 0 bridgehead atoms. The van der Waals surface area contributed by atoms with E-state index in [1.165, 1.54) is 24.3 Å². The van der Waals surface area contributed by atoms with Crippen molar-refractivity contribution in [1.29, 1.82) is 0 Å². The first-order valence-corrected chi connectivity index (χ1v) is 12.9. The van der Waals surface area contributed by atoms with Gasteiger partial charge in [0, 0.05) is 11.4 Å². The Morgan fingerprint density at radius 2 is 1.33 bits per heavy atom. The van der Waals surface area contributed by atoms with Crippen LogP contribution in [0.5, 0.6) is 5.75 Å². The maximum atomic E-state index is 12.7. The van der Waals surface area contributed by atoms with E-state index < -0.39 is 41.7 Å². The predicted molar refractivity (Wildman–Crippen MR) is 124 cm³/mol. The summed E-state index contributed by atoms with van der Waals surface area (Å²) in [4.78, 5) is 21.0. The monoisotopic (exact) mass is 610 g/mol. The van der Waals surface area contributed by atoms with Gasteiger partial charge in [-0.15, -0.1) is 0 Å². The third-order valence-electron chi connectivity index (χ3n) is 4.78. The number of aromatic nitrogens is 3. The quantitative estimate of drug-likeness (QED) is 0.133. The molecule has 4 rings (SSSR count). The summed E-state index contributed by atoms with van der Waals surface area (Å²) in [5, 5.41) is 26.0. The molecule has 0 radical (unpaired) electrons. The van der Waals surface area contributed by atoms with Crippen LogP contribution in [0.3, 0.4) is 0 Å². The van der Waals surface area contributed by atoms with Gasteiger partial charge in [0.15, 0.2) is 0 Å². The van der Waals surface area contributed by atoms with Crippen LogP contribution < -0.4 is 74.9 Å². The first kappa shape index (κ1) is 33.1. The van der Waals surface area contributed by atoms with E-state index in [4.69, 9.17) is 16.7 Å². The molecule has 14 nitrogen and oxygen atoms in total. The first-order chi connectivity index (χ1) is 17.2. The number of nitrogens with zero attached hydrogens (tertiary/aromatic N) is 3. The van der Waals surface area contributed by atoms with E-state index >= 15 is 0 Å². The van der Waals surface area contributed by atoms with Gasteiger partial charge in [0.25, 0.3) is 0 Å². The van der Waals surface area contributed by atoms with Gasteiger partial charge < -0.3 is 30.0 Å². The molecule has 0 unspecified atom stereocenters. The van der Waals surface area contributed by atoms with Gasteiger partial charge >= 0.3 is 65.1 Å². The number of halogens is 1. The van der Waals surface area contributed by atoms with Crippen molar-refractivity contribution in [1.82, 2.24) is 15.0 Å². The average Bonchev–Trinajstić information content (AvgIpc) is 2.77. The summed E-state index contributed by atoms with van der Waals surface area (Å²) in [6.45, 7) is 0. The summed E-state index contributed by atoms with van der Waals surface area (Å²) < 4.78 is 69.2. The number of benzene rings is 3. The maximum absolute atomic E-state index is 12.7. The van der Waals surface area contributed by atoms with Crippen molar-refractivity contribution in [3.05, 3.63) is 59.4 Å². The second-order valence-corrected chi connectivity index (χ2v) is 10.4. The average molecular weight is 611 g/mol. The molecule has 0 aliphatic carbocycles. The Morgan fingerprint density at radius 1 is 0.821 bits per heavy atom. The van der Waals surface area contributed by atoms with Crippen LogP contribution in [-0.2, 0) is 20.2 Å². The zero-order valence-electron chi connectivity index (χ0n) is 19.9. The third kappa shape index (κ3) is 7.99. The van der Waals surface area contributed by atoms with Gasteiger partial charge in [-0.3, -0.25) is 0 Å². The number of rotatable bonds is 7.